The number of benzene rings is 1. The molecule has 2 fully saturated rings. The third-order valence-electron chi connectivity index (χ3n) is 5.44. The summed E-state index contributed by atoms with van der Waals surface area (Å²) in [5.41, 5.74) is 0.964. The Kier molecular flexibility index (Phi) is 4.79. The lowest BCUT2D eigenvalue weighted by Crippen LogP contribution is -2.48. The van der Waals surface area contributed by atoms with Crippen molar-refractivity contribution >= 4 is 28.4 Å². The number of hydrogen-bond donors (Lipinski definition) is 0. The molecule has 1 aromatic heterocycles. The summed E-state index contributed by atoms with van der Waals surface area (Å²) < 4.78 is 0. The van der Waals surface area contributed by atoms with Crippen LogP contribution in [0, 0.1) is 10.1 Å². The van der Waals surface area contributed by atoms with E-state index in [4.69, 9.17) is 9.97 Å². The van der Waals surface area contributed by atoms with Crippen LogP contribution < -0.4 is 9.80 Å². The van der Waals surface area contributed by atoms with Crippen LogP contribution >= 0.6 is 0 Å². The van der Waals surface area contributed by atoms with Crippen LogP contribution in [0.15, 0.2) is 18.2 Å². The third kappa shape index (κ3) is 3.52. The Morgan fingerprint density at radius 1 is 0.852 bits per heavy atom. The van der Waals surface area contributed by atoms with Gasteiger partial charge in [-0.15, -0.1) is 0 Å². The normalized spacial score (nSPS) is 19.6. The molecule has 0 unspecified atom stereocenters. The standard InChI is InChI=1S/C18H25N7O2/c1-21-6-10-23(11-7-21)17-18(24-12-8-22(2)9-13-24)20-16-14(19-17)4-3-5-15(16)25(26)27/h3-5H,6-13H2,1-2H3. The number of para-hydroxylation sites is 1. The van der Waals surface area contributed by atoms with Crippen molar-refractivity contribution in [2.75, 3.05) is 76.3 Å². The summed E-state index contributed by atoms with van der Waals surface area (Å²) in [7, 11) is 4.23. The zero-order valence-electron chi connectivity index (χ0n) is 15.8. The summed E-state index contributed by atoms with van der Waals surface area (Å²) in [5, 5.41) is 11.5. The largest absolute Gasteiger partial charge is 0.351 e. The van der Waals surface area contributed by atoms with Gasteiger partial charge < -0.3 is 19.6 Å². The molecular formula is C18H25N7O2. The third-order valence-corrected chi connectivity index (χ3v) is 5.44. The summed E-state index contributed by atoms with van der Waals surface area (Å²) in [4.78, 5) is 29.8. The fourth-order valence-corrected chi connectivity index (χ4v) is 3.65. The van der Waals surface area contributed by atoms with E-state index in [1.807, 2.05) is 6.07 Å². The quantitative estimate of drug-likeness (QED) is 0.585. The molecular weight excluding hydrogens is 346 g/mol. The van der Waals surface area contributed by atoms with Gasteiger partial charge in [0.15, 0.2) is 17.2 Å². The molecule has 0 atom stereocenters. The maximum absolute atomic E-state index is 11.5. The lowest BCUT2D eigenvalue weighted by atomic mass is 10.2. The number of non-ortho nitro benzene ring substituents is 1. The van der Waals surface area contributed by atoms with Crippen LogP contribution in [0.3, 0.4) is 0 Å². The number of piperazine rings is 2. The first-order valence-corrected chi connectivity index (χ1v) is 9.35. The molecule has 9 heteroatoms. The molecule has 4 rings (SSSR count). The zero-order chi connectivity index (χ0) is 19.0. The van der Waals surface area contributed by atoms with Crippen LogP contribution in [0.2, 0.25) is 0 Å². The summed E-state index contributed by atoms with van der Waals surface area (Å²) in [6.45, 7) is 7.28. The first-order chi connectivity index (χ1) is 13.0. The topological polar surface area (TPSA) is 81.9 Å². The monoisotopic (exact) mass is 371 g/mol. The minimum absolute atomic E-state index is 0.0142. The van der Waals surface area contributed by atoms with Gasteiger partial charge in [0.05, 0.1) is 10.4 Å². The highest BCUT2D eigenvalue weighted by atomic mass is 16.6. The number of anilines is 2. The number of nitro benzene ring substituents is 1. The van der Waals surface area contributed by atoms with Gasteiger partial charge >= 0.3 is 0 Å². The molecule has 2 aromatic rings. The molecule has 0 spiro atoms. The second-order valence-electron chi connectivity index (χ2n) is 7.35. The van der Waals surface area contributed by atoms with Gasteiger partial charge in [0, 0.05) is 58.4 Å². The van der Waals surface area contributed by atoms with Crippen molar-refractivity contribution < 1.29 is 4.92 Å². The number of aromatic nitrogens is 2. The van der Waals surface area contributed by atoms with Gasteiger partial charge in [-0.3, -0.25) is 10.1 Å². The summed E-state index contributed by atoms with van der Waals surface area (Å²) in [6, 6.07) is 4.99. The predicted octanol–water partition coefficient (Wildman–Crippen LogP) is 1.04. The summed E-state index contributed by atoms with van der Waals surface area (Å²) in [6.07, 6.45) is 0. The Labute approximate surface area is 158 Å². The van der Waals surface area contributed by atoms with E-state index in [1.54, 1.807) is 6.07 Å². The Hall–Kier alpha value is -2.52. The van der Waals surface area contributed by atoms with E-state index in [0.29, 0.717) is 11.0 Å². The lowest BCUT2D eigenvalue weighted by molar-refractivity contribution is -0.383. The van der Waals surface area contributed by atoms with Gasteiger partial charge in [-0.25, -0.2) is 9.97 Å². The van der Waals surface area contributed by atoms with E-state index in [0.717, 1.165) is 64.0 Å². The van der Waals surface area contributed by atoms with Gasteiger partial charge in [-0.1, -0.05) is 6.07 Å². The predicted molar refractivity (Wildman–Crippen MR) is 106 cm³/mol. The lowest BCUT2D eigenvalue weighted by Gasteiger charge is -2.38. The fraction of sp³-hybridized carbons (Fsp3) is 0.556. The molecule has 0 bridgehead atoms. The van der Waals surface area contributed by atoms with Crippen molar-refractivity contribution in [3.8, 4) is 0 Å². The molecule has 0 aliphatic carbocycles. The number of fused-ring (bicyclic) bond motifs is 1. The van der Waals surface area contributed by atoms with Crippen molar-refractivity contribution in [2.24, 2.45) is 0 Å². The molecule has 0 saturated carbocycles. The van der Waals surface area contributed by atoms with E-state index in [2.05, 4.69) is 33.7 Å². The van der Waals surface area contributed by atoms with E-state index in [1.165, 1.54) is 6.07 Å². The maximum Gasteiger partial charge on any atom is 0.297 e. The Balaban J connectivity index is 1.81. The molecule has 1 aromatic carbocycles. The molecule has 2 aliphatic rings. The minimum Gasteiger partial charge on any atom is -0.351 e. The highest BCUT2D eigenvalue weighted by Gasteiger charge is 2.27. The van der Waals surface area contributed by atoms with Crippen molar-refractivity contribution in [1.29, 1.82) is 0 Å². The van der Waals surface area contributed by atoms with Crippen LogP contribution in [0.5, 0.6) is 0 Å². The van der Waals surface area contributed by atoms with E-state index < -0.39 is 0 Å². The van der Waals surface area contributed by atoms with Gasteiger partial charge in [0.2, 0.25) is 0 Å². The first-order valence-electron chi connectivity index (χ1n) is 9.35. The van der Waals surface area contributed by atoms with Gasteiger partial charge in [-0.05, 0) is 20.2 Å². The van der Waals surface area contributed by atoms with Crippen molar-refractivity contribution in [2.45, 2.75) is 0 Å². The number of likely N-dealkylation sites (N-methyl/N-ethyl adjacent to an activating group) is 2. The molecule has 2 aliphatic heterocycles. The van der Waals surface area contributed by atoms with Gasteiger partial charge in [0.1, 0.15) is 0 Å². The minimum atomic E-state index is -0.375. The van der Waals surface area contributed by atoms with E-state index in [9.17, 15) is 10.1 Å². The maximum atomic E-state index is 11.5. The molecule has 27 heavy (non-hydrogen) atoms. The van der Waals surface area contributed by atoms with E-state index >= 15 is 0 Å². The SMILES string of the molecule is CN1CCN(c2nc3cccc([N+](=O)[O-])c3nc2N2CCN(C)CC2)CC1. The first kappa shape index (κ1) is 17.9. The fourth-order valence-electron chi connectivity index (χ4n) is 3.65. The summed E-state index contributed by atoms with van der Waals surface area (Å²) >= 11 is 0. The molecule has 2 saturated heterocycles. The summed E-state index contributed by atoms with van der Waals surface area (Å²) in [5.74, 6) is 1.62. The second-order valence-corrected chi connectivity index (χ2v) is 7.35. The van der Waals surface area contributed by atoms with Crippen LogP contribution in [-0.4, -0.2) is 91.1 Å². The van der Waals surface area contributed by atoms with Crippen LogP contribution in [0.25, 0.3) is 11.0 Å². The van der Waals surface area contributed by atoms with Gasteiger partial charge in [0.25, 0.3) is 5.69 Å². The van der Waals surface area contributed by atoms with Crippen molar-refractivity contribution in [3.63, 3.8) is 0 Å². The smallest absolute Gasteiger partial charge is 0.297 e. The number of hydrogen-bond acceptors (Lipinski definition) is 8. The van der Waals surface area contributed by atoms with Crippen LogP contribution in [-0.2, 0) is 0 Å². The number of nitrogens with zero attached hydrogens (tertiary/aromatic N) is 7. The average molecular weight is 371 g/mol. The molecule has 0 N–H and O–H groups in total. The van der Waals surface area contributed by atoms with Crippen LogP contribution in [0.1, 0.15) is 0 Å². The number of rotatable bonds is 3. The van der Waals surface area contributed by atoms with E-state index in [-0.39, 0.29) is 10.6 Å². The molecule has 0 amide bonds. The zero-order valence-corrected chi connectivity index (χ0v) is 15.8. The highest BCUT2D eigenvalue weighted by Crippen LogP contribution is 2.32. The molecule has 3 heterocycles. The molecule has 0 radical (unpaired) electrons. The van der Waals surface area contributed by atoms with Crippen LogP contribution in [0.4, 0.5) is 17.3 Å². The average Bonchev–Trinajstić information content (AvgIpc) is 2.67. The van der Waals surface area contributed by atoms with Crippen molar-refractivity contribution in [1.82, 2.24) is 19.8 Å². The Bertz CT molecular complexity index is 843. The molecule has 9 nitrogen and oxygen atoms in total. The molecule has 144 valence electrons. The highest BCUT2D eigenvalue weighted by molar-refractivity contribution is 5.88. The Morgan fingerprint density at radius 2 is 1.37 bits per heavy atom. The van der Waals surface area contributed by atoms with Gasteiger partial charge in [-0.2, -0.15) is 0 Å². The Morgan fingerprint density at radius 3 is 1.89 bits per heavy atom. The number of nitro groups is 1. The second kappa shape index (κ2) is 7.24. The van der Waals surface area contributed by atoms with Crippen molar-refractivity contribution in [3.05, 3.63) is 28.3 Å².